The minimum atomic E-state index is 0. The summed E-state index contributed by atoms with van der Waals surface area (Å²) < 4.78 is 11.8. The second-order valence-electron chi connectivity index (χ2n) is 8.14. The second kappa shape index (κ2) is 12.5. The zero-order valence-corrected chi connectivity index (χ0v) is 21.4. The van der Waals surface area contributed by atoms with Crippen LogP contribution in [0.5, 0.6) is 0 Å². The summed E-state index contributed by atoms with van der Waals surface area (Å²) in [5.74, 6) is 0.934. The Morgan fingerprint density at radius 3 is 2.59 bits per heavy atom. The molecule has 1 N–H and O–H groups in total. The van der Waals surface area contributed by atoms with E-state index in [2.05, 4.69) is 74.7 Å². The van der Waals surface area contributed by atoms with Crippen molar-refractivity contribution in [2.24, 2.45) is 4.99 Å². The topological polar surface area (TPSA) is 49.3 Å². The first-order valence-corrected chi connectivity index (χ1v) is 11.3. The van der Waals surface area contributed by atoms with E-state index in [0.29, 0.717) is 12.6 Å². The number of fused-ring (bicyclic) bond motifs is 1. The van der Waals surface area contributed by atoms with Gasteiger partial charge in [-0.25, -0.2) is 0 Å². The summed E-state index contributed by atoms with van der Waals surface area (Å²) in [5.41, 5.74) is 3.82. The largest absolute Gasteiger partial charge is 0.377 e. The maximum Gasteiger partial charge on any atom is 0.194 e. The molecule has 2 atom stereocenters. The molecule has 2 aliphatic heterocycles. The van der Waals surface area contributed by atoms with Crippen LogP contribution >= 0.6 is 24.0 Å². The van der Waals surface area contributed by atoms with Gasteiger partial charge in [0.1, 0.15) is 0 Å². The van der Waals surface area contributed by atoms with Gasteiger partial charge in [0.2, 0.25) is 0 Å². The molecule has 4 rings (SSSR count). The van der Waals surface area contributed by atoms with Crippen LogP contribution in [0, 0.1) is 0 Å². The summed E-state index contributed by atoms with van der Waals surface area (Å²) in [6, 6.07) is 19.5. The molecule has 2 aromatic rings. The van der Waals surface area contributed by atoms with Gasteiger partial charge in [0, 0.05) is 46.4 Å². The van der Waals surface area contributed by atoms with E-state index in [9.17, 15) is 0 Å². The van der Waals surface area contributed by atoms with Crippen LogP contribution in [0.2, 0.25) is 0 Å². The highest BCUT2D eigenvalue weighted by molar-refractivity contribution is 14.0. The highest BCUT2D eigenvalue weighted by Gasteiger charge is 2.41. The summed E-state index contributed by atoms with van der Waals surface area (Å²) in [7, 11) is 1.86. The molecule has 2 unspecified atom stereocenters. The number of nitrogens with zero attached hydrogens (tertiary/aromatic N) is 3. The summed E-state index contributed by atoms with van der Waals surface area (Å²) in [4.78, 5) is 9.47. The van der Waals surface area contributed by atoms with Crippen molar-refractivity contribution in [3.05, 3.63) is 71.3 Å². The molecule has 2 saturated heterocycles. The van der Waals surface area contributed by atoms with Crippen molar-refractivity contribution >= 4 is 29.9 Å². The van der Waals surface area contributed by atoms with Gasteiger partial charge in [-0.05, 0) is 23.6 Å². The van der Waals surface area contributed by atoms with Crippen molar-refractivity contribution < 1.29 is 9.47 Å². The van der Waals surface area contributed by atoms with Crippen LogP contribution < -0.4 is 5.32 Å². The van der Waals surface area contributed by atoms with Gasteiger partial charge in [0.15, 0.2) is 5.96 Å². The number of aliphatic imine (C=N–C) groups is 1. The van der Waals surface area contributed by atoms with Crippen LogP contribution in [0.15, 0.2) is 59.6 Å². The zero-order valence-electron chi connectivity index (χ0n) is 19.1. The van der Waals surface area contributed by atoms with Gasteiger partial charge in [-0.1, -0.05) is 54.6 Å². The third kappa shape index (κ3) is 6.21. The average Bonchev–Trinajstić information content (AvgIpc) is 3.25. The summed E-state index contributed by atoms with van der Waals surface area (Å²) in [5, 5.41) is 3.57. The first kappa shape index (κ1) is 25.0. The molecule has 32 heavy (non-hydrogen) atoms. The van der Waals surface area contributed by atoms with Gasteiger partial charge >= 0.3 is 0 Å². The highest BCUT2D eigenvalue weighted by atomic mass is 127. The van der Waals surface area contributed by atoms with E-state index in [-0.39, 0.29) is 30.1 Å². The van der Waals surface area contributed by atoms with Gasteiger partial charge in [-0.2, -0.15) is 0 Å². The second-order valence-corrected chi connectivity index (χ2v) is 8.14. The number of rotatable bonds is 7. The Hall–Kier alpha value is -1.68. The molecule has 7 heteroatoms. The monoisotopic (exact) mass is 550 g/mol. The third-order valence-electron chi connectivity index (χ3n) is 6.17. The summed E-state index contributed by atoms with van der Waals surface area (Å²) in [6.45, 7) is 8.65. The minimum Gasteiger partial charge on any atom is -0.377 e. The lowest BCUT2D eigenvalue weighted by atomic mass is 10.1. The van der Waals surface area contributed by atoms with Crippen molar-refractivity contribution in [1.29, 1.82) is 0 Å². The van der Waals surface area contributed by atoms with Gasteiger partial charge in [-0.3, -0.25) is 9.89 Å². The lowest BCUT2D eigenvalue weighted by Crippen LogP contribution is -2.50. The first-order valence-electron chi connectivity index (χ1n) is 11.3. The van der Waals surface area contributed by atoms with E-state index in [1.807, 2.05) is 14.0 Å². The predicted molar refractivity (Wildman–Crippen MR) is 139 cm³/mol. The lowest BCUT2D eigenvalue weighted by molar-refractivity contribution is -0.0502. The number of halogens is 1. The molecule has 0 spiro atoms. The Labute approximate surface area is 209 Å². The molecule has 2 aromatic carbocycles. The Kier molecular flexibility index (Phi) is 9.77. The molecule has 2 heterocycles. The van der Waals surface area contributed by atoms with E-state index in [4.69, 9.17) is 9.47 Å². The molecule has 0 aliphatic carbocycles. The van der Waals surface area contributed by atoms with Crippen molar-refractivity contribution in [3.63, 3.8) is 0 Å². The Morgan fingerprint density at radius 2 is 1.84 bits per heavy atom. The van der Waals surface area contributed by atoms with Crippen molar-refractivity contribution in [2.75, 3.05) is 39.9 Å². The van der Waals surface area contributed by atoms with E-state index in [1.54, 1.807) is 0 Å². The summed E-state index contributed by atoms with van der Waals surface area (Å²) in [6.07, 6.45) is 0.223. The molecule has 0 bridgehead atoms. The molecule has 0 radical (unpaired) electrons. The highest BCUT2D eigenvalue weighted by Crippen LogP contribution is 2.25. The normalized spacial score (nSPS) is 21.2. The number of hydrogen-bond acceptors (Lipinski definition) is 4. The molecule has 2 fully saturated rings. The molecule has 0 aromatic heterocycles. The molecule has 0 saturated carbocycles. The molecule has 0 amide bonds. The number of hydrogen-bond donors (Lipinski definition) is 1. The van der Waals surface area contributed by atoms with E-state index < -0.39 is 0 Å². The van der Waals surface area contributed by atoms with Crippen molar-refractivity contribution in [3.8, 4) is 0 Å². The van der Waals surface area contributed by atoms with Crippen molar-refractivity contribution in [1.82, 2.24) is 15.1 Å². The van der Waals surface area contributed by atoms with Crippen LogP contribution in [0.4, 0.5) is 0 Å². The van der Waals surface area contributed by atoms with E-state index in [0.717, 1.165) is 51.9 Å². The predicted octanol–water partition coefficient (Wildman–Crippen LogP) is 3.50. The number of ether oxygens (including phenoxy) is 2. The van der Waals surface area contributed by atoms with Crippen LogP contribution in [0.25, 0.3) is 0 Å². The smallest absolute Gasteiger partial charge is 0.194 e. The molecular weight excluding hydrogens is 515 g/mol. The van der Waals surface area contributed by atoms with E-state index >= 15 is 0 Å². The minimum absolute atomic E-state index is 0. The number of guanidine groups is 1. The average molecular weight is 550 g/mol. The fourth-order valence-electron chi connectivity index (χ4n) is 4.53. The third-order valence-corrected chi connectivity index (χ3v) is 6.17. The summed E-state index contributed by atoms with van der Waals surface area (Å²) >= 11 is 0. The molecule has 6 nitrogen and oxygen atoms in total. The molecule has 174 valence electrons. The Balaban J connectivity index is 0.00000289. The number of likely N-dealkylation sites (tertiary alicyclic amines) is 1. The maximum absolute atomic E-state index is 6.14. The van der Waals surface area contributed by atoms with Gasteiger partial charge < -0.3 is 19.7 Å². The van der Waals surface area contributed by atoms with Gasteiger partial charge in [-0.15, -0.1) is 24.0 Å². The Morgan fingerprint density at radius 1 is 1.09 bits per heavy atom. The van der Waals surface area contributed by atoms with Crippen molar-refractivity contribution in [2.45, 2.75) is 38.8 Å². The van der Waals surface area contributed by atoms with Crippen LogP contribution in [0.1, 0.15) is 23.6 Å². The zero-order chi connectivity index (χ0) is 21.5. The standard InChI is InChI=1S/C25H34N4O2.HI/c1-3-30-19-22-12-8-7-11-21(22)15-27-25(26-2)29-17-23-24(18-29)31-14-13-28(23)16-20-9-5-4-6-10-20;/h4-12,23-24H,3,13-19H2,1-2H3,(H,26,27);1H. The maximum atomic E-state index is 6.14. The molecular formula is C25H35IN4O2. The van der Waals surface area contributed by atoms with Gasteiger partial charge in [0.25, 0.3) is 0 Å². The van der Waals surface area contributed by atoms with Crippen LogP contribution in [-0.4, -0.2) is 67.8 Å². The van der Waals surface area contributed by atoms with Gasteiger partial charge in [0.05, 0.1) is 25.4 Å². The van der Waals surface area contributed by atoms with Crippen LogP contribution in [-0.2, 0) is 29.2 Å². The SMILES string of the molecule is CCOCc1ccccc1CNC(=NC)N1CC2OCCN(Cc3ccccc3)C2C1.I. The number of morpholine rings is 1. The first-order chi connectivity index (χ1) is 15.3. The quantitative estimate of drug-likeness (QED) is 0.325. The number of benzene rings is 2. The van der Waals surface area contributed by atoms with E-state index in [1.165, 1.54) is 16.7 Å². The lowest BCUT2D eigenvalue weighted by Gasteiger charge is -2.36. The fourth-order valence-corrected chi connectivity index (χ4v) is 4.53. The number of nitrogens with one attached hydrogen (secondary N) is 1. The Bertz CT molecular complexity index is 864. The van der Waals surface area contributed by atoms with Crippen LogP contribution in [0.3, 0.4) is 0 Å². The molecule has 2 aliphatic rings. The fraction of sp³-hybridized carbons (Fsp3) is 0.480.